The molecule has 6 heteroatoms. The van der Waals surface area contributed by atoms with Crippen LogP contribution in [0.25, 0.3) is 22.6 Å². The van der Waals surface area contributed by atoms with Crippen LogP contribution in [0.2, 0.25) is 0 Å². The van der Waals surface area contributed by atoms with Crippen molar-refractivity contribution in [1.82, 2.24) is 4.98 Å². The van der Waals surface area contributed by atoms with E-state index in [1.54, 1.807) is 12.5 Å². The smallest absolute Gasteiger partial charge is 0.225 e. The fourth-order valence-corrected chi connectivity index (χ4v) is 3.48. The molecule has 30 heavy (non-hydrogen) atoms. The number of halogens is 2. The number of aromatic nitrogens is 1. The standard InChI is InChI=1S/C24H18F2N2OS/c1-15-2-3-18(24-27-10-11-29-24)12-21(15)16-5-8-20(9-6-16)28-23(30)13-17-4-7-19(25)14-22(17)26/h2-12,14H,13H2,1H3,(H,28,30). The molecule has 0 saturated carbocycles. The summed E-state index contributed by atoms with van der Waals surface area (Å²) >= 11 is 5.33. The van der Waals surface area contributed by atoms with Gasteiger partial charge < -0.3 is 9.73 Å². The van der Waals surface area contributed by atoms with Gasteiger partial charge in [-0.15, -0.1) is 0 Å². The molecule has 1 heterocycles. The van der Waals surface area contributed by atoms with Crippen LogP contribution < -0.4 is 5.32 Å². The Bertz CT molecular complexity index is 1190. The molecule has 0 atom stereocenters. The minimum atomic E-state index is -0.604. The quantitative estimate of drug-likeness (QED) is 0.370. The maximum Gasteiger partial charge on any atom is 0.225 e. The number of nitrogens with zero attached hydrogens (tertiary/aromatic N) is 1. The van der Waals surface area contributed by atoms with Gasteiger partial charge in [0.2, 0.25) is 5.89 Å². The lowest BCUT2D eigenvalue weighted by Gasteiger charge is -2.11. The minimum Gasteiger partial charge on any atom is -0.445 e. The highest BCUT2D eigenvalue weighted by Crippen LogP contribution is 2.29. The topological polar surface area (TPSA) is 38.1 Å². The first-order valence-corrected chi connectivity index (χ1v) is 9.75. The highest BCUT2D eigenvalue weighted by atomic mass is 32.1. The molecular formula is C24H18F2N2OS. The molecule has 0 aliphatic heterocycles. The van der Waals surface area contributed by atoms with Crippen molar-refractivity contribution in [1.29, 1.82) is 0 Å². The zero-order chi connectivity index (χ0) is 21.1. The van der Waals surface area contributed by atoms with Crippen LogP contribution in [-0.2, 0) is 6.42 Å². The van der Waals surface area contributed by atoms with E-state index in [4.69, 9.17) is 16.6 Å². The van der Waals surface area contributed by atoms with E-state index in [0.717, 1.165) is 34.0 Å². The van der Waals surface area contributed by atoms with Crippen molar-refractivity contribution in [3.05, 3.63) is 95.9 Å². The van der Waals surface area contributed by atoms with Crippen molar-refractivity contribution in [3.63, 3.8) is 0 Å². The maximum atomic E-state index is 13.8. The molecule has 1 aromatic heterocycles. The zero-order valence-electron chi connectivity index (χ0n) is 16.2. The summed E-state index contributed by atoms with van der Waals surface area (Å²) in [5, 5.41) is 3.11. The number of rotatable bonds is 5. The number of benzene rings is 3. The van der Waals surface area contributed by atoms with Gasteiger partial charge in [0.25, 0.3) is 0 Å². The van der Waals surface area contributed by atoms with E-state index in [-0.39, 0.29) is 6.42 Å². The summed E-state index contributed by atoms with van der Waals surface area (Å²) in [5.74, 6) is -0.628. The molecule has 0 bridgehead atoms. The van der Waals surface area contributed by atoms with Crippen LogP contribution >= 0.6 is 12.2 Å². The second-order valence-electron chi connectivity index (χ2n) is 6.90. The normalized spacial score (nSPS) is 10.8. The lowest BCUT2D eigenvalue weighted by atomic mass is 9.98. The Balaban J connectivity index is 1.49. The third-order valence-corrected chi connectivity index (χ3v) is 5.01. The van der Waals surface area contributed by atoms with Gasteiger partial charge in [0.05, 0.1) is 11.2 Å². The van der Waals surface area contributed by atoms with Gasteiger partial charge in [-0.1, -0.05) is 36.5 Å². The number of aryl methyl sites for hydroxylation is 1. The lowest BCUT2D eigenvalue weighted by molar-refractivity contribution is 0.574. The summed E-state index contributed by atoms with van der Waals surface area (Å²) in [5.41, 5.74) is 5.31. The summed E-state index contributed by atoms with van der Waals surface area (Å²) in [6.07, 6.45) is 3.37. The number of hydrogen-bond acceptors (Lipinski definition) is 3. The van der Waals surface area contributed by atoms with Crippen molar-refractivity contribution in [2.75, 3.05) is 5.32 Å². The Morgan fingerprint density at radius 1 is 1.00 bits per heavy atom. The largest absolute Gasteiger partial charge is 0.445 e. The number of anilines is 1. The fourth-order valence-electron chi connectivity index (χ4n) is 3.21. The minimum absolute atomic E-state index is 0.195. The van der Waals surface area contributed by atoms with Crippen LogP contribution in [0.15, 0.2) is 77.5 Å². The van der Waals surface area contributed by atoms with E-state index >= 15 is 0 Å². The van der Waals surface area contributed by atoms with Crippen molar-refractivity contribution >= 4 is 22.9 Å². The number of thiocarbonyl (C=S) groups is 1. The van der Waals surface area contributed by atoms with Crippen molar-refractivity contribution in [2.24, 2.45) is 0 Å². The predicted molar refractivity (Wildman–Crippen MR) is 118 cm³/mol. The third-order valence-electron chi connectivity index (χ3n) is 4.76. The first-order valence-electron chi connectivity index (χ1n) is 9.34. The molecule has 3 nitrogen and oxygen atoms in total. The van der Waals surface area contributed by atoms with Crippen molar-refractivity contribution < 1.29 is 13.2 Å². The molecule has 0 spiro atoms. The van der Waals surface area contributed by atoms with Gasteiger partial charge in [-0.2, -0.15) is 0 Å². The highest BCUT2D eigenvalue weighted by Gasteiger charge is 2.10. The van der Waals surface area contributed by atoms with Crippen molar-refractivity contribution in [2.45, 2.75) is 13.3 Å². The molecular weight excluding hydrogens is 402 g/mol. The third kappa shape index (κ3) is 4.44. The summed E-state index contributed by atoms with van der Waals surface area (Å²) in [7, 11) is 0. The van der Waals surface area contributed by atoms with Crippen LogP contribution in [0.4, 0.5) is 14.5 Å². The van der Waals surface area contributed by atoms with E-state index in [1.165, 1.54) is 12.1 Å². The van der Waals surface area contributed by atoms with Crippen LogP contribution in [-0.4, -0.2) is 9.97 Å². The van der Waals surface area contributed by atoms with Gasteiger partial charge in [-0.3, -0.25) is 0 Å². The van der Waals surface area contributed by atoms with Gasteiger partial charge in [0, 0.05) is 23.7 Å². The SMILES string of the molecule is Cc1ccc(-c2ncco2)cc1-c1ccc(NC(=S)Cc2ccc(F)cc2F)cc1. The maximum absolute atomic E-state index is 13.8. The molecule has 0 aliphatic rings. The predicted octanol–water partition coefficient (Wildman–Crippen LogP) is 6.58. The van der Waals surface area contributed by atoms with E-state index in [9.17, 15) is 8.78 Å². The lowest BCUT2D eigenvalue weighted by Crippen LogP contribution is -2.13. The Kier molecular flexibility index (Phi) is 5.68. The molecule has 0 radical (unpaired) electrons. The van der Waals surface area contributed by atoms with Gasteiger partial charge in [0.1, 0.15) is 17.9 Å². The first kappa shape index (κ1) is 19.9. The zero-order valence-corrected chi connectivity index (χ0v) is 17.0. The van der Waals surface area contributed by atoms with Gasteiger partial charge >= 0.3 is 0 Å². The van der Waals surface area contributed by atoms with Gasteiger partial charge in [-0.05, 0) is 59.5 Å². The molecule has 0 fully saturated rings. The summed E-state index contributed by atoms with van der Waals surface area (Å²) in [6.45, 7) is 2.05. The summed E-state index contributed by atoms with van der Waals surface area (Å²) in [6, 6.07) is 17.4. The average Bonchev–Trinajstić information content (AvgIpc) is 3.26. The van der Waals surface area contributed by atoms with E-state index in [2.05, 4.69) is 10.3 Å². The Morgan fingerprint density at radius 3 is 2.47 bits per heavy atom. The fraction of sp³-hybridized carbons (Fsp3) is 0.0833. The van der Waals surface area contributed by atoms with Crippen molar-refractivity contribution in [3.8, 4) is 22.6 Å². The van der Waals surface area contributed by atoms with Gasteiger partial charge in [0.15, 0.2) is 0 Å². The molecule has 4 rings (SSSR count). The highest BCUT2D eigenvalue weighted by molar-refractivity contribution is 7.80. The molecule has 4 aromatic rings. The monoisotopic (exact) mass is 420 g/mol. The second kappa shape index (κ2) is 8.55. The Hall–Kier alpha value is -3.38. The van der Waals surface area contributed by atoms with Crippen LogP contribution in [0.5, 0.6) is 0 Å². The van der Waals surface area contributed by atoms with Crippen LogP contribution in [0.1, 0.15) is 11.1 Å². The van der Waals surface area contributed by atoms with Gasteiger partial charge in [-0.25, -0.2) is 13.8 Å². The average molecular weight is 420 g/mol. The second-order valence-corrected chi connectivity index (χ2v) is 7.40. The first-order chi connectivity index (χ1) is 14.5. The number of oxazole rings is 1. The van der Waals surface area contributed by atoms with Crippen LogP contribution in [0, 0.1) is 18.6 Å². The molecule has 0 saturated heterocycles. The molecule has 150 valence electrons. The molecule has 0 unspecified atom stereocenters. The Morgan fingerprint density at radius 2 is 1.77 bits per heavy atom. The summed E-state index contributed by atoms with van der Waals surface area (Å²) in [4.78, 5) is 4.66. The van der Waals surface area contributed by atoms with Crippen LogP contribution in [0.3, 0.4) is 0 Å². The summed E-state index contributed by atoms with van der Waals surface area (Å²) < 4.78 is 32.3. The number of nitrogens with one attached hydrogen (secondary N) is 1. The molecule has 1 N–H and O–H groups in total. The van der Waals surface area contributed by atoms with E-state index in [1.807, 2.05) is 49.4 Å². The Labute approximate surface area is 178 Å². The molecule has 3 aromatic carbocycles. The molecule has 0 aliphatic carbocycles. The van der Waals surface area contributed by atoms with E-state index in [0.29, 0.717) is 16.4 Å². The van der Waals surface area contributed by atoms with E-state index < -0.39 is 11.6 Å². The molecule has 0 amide bonds. The number of hydrogen-bond donors (Lipinski definition) is 1.